The predicted molar refractivity (Wildman–Crippen MR) is 96.1 cm³/mol. The molecule has 25 heavy (non-hydrogen) atoms. The highest BCUT2D eigenvalue weighted by Crippen LogP contribution is 2.32. The summed E-state index contributed by atoms with van der Waals surface area (Å²) in [5.74, 6) is 0.918. The molecule has 132 valence electrons. The molecule has 0 bridgehead atoms. The molecule has 1 aliphatic rings. The molecule has 2 aromatic rings. The third kappa shape index (κ3) is 4.40. The van der Waals surface area contributed by atoms with Crippen LogP contribution in [0.25, 0.3) is 0 Å². The lowest BCUT2D eigenvalue weighted by Crippen LogP contribution is -2.20. The van der Waals surface area contributed by atoms with Crippen LogP contribution < -0.4 is 10.6 Å². The fourth-order valence-electron chi connectivity index (χ4n) is 3.03. The average Bonchev–Trinajstić information content (AvgIpc) is 2.85. The maximum Gasteiger partial charge on any atom is 0.353 e. The van der Waals surface area contributed by atoms with Crippen LogP contribution in [-0.4, -0.2) is 25.9 Å². The second-order valence-corrected chi connectivity index (χ2v) is 6.36. The van der Waals surface area contributed by atoms with Crippen molar-refractivity contribution in [3.05, 3.63) is 40.3 Å². The number of aromatic nitrogens is 3. The molecule has 0 saturated heterocycles. The fraction of sp³-hybridized carbons (Fsp3) is 0.471. The molecular weight excluding hydrogens is 320 g/mol. The van der Waals surface area contributed by atoms with E-state index in [2.05, 4.69) is 25.6 Å². The zero-order valence-electron chi connectivity index (χ0n) is 14.2. The highest BCUT2D eigenvalue weighted by molar-refractivity contribution is 5.72. The van der Waals surface area contributed by atoms with Gasteiger partial charge >= 0.3 is 5.69 Å². The SMILES string of the molecule is Cc1ccc(Nc2ncnc(NC3CCCCCC3)c2[N+](=O)[O-])nc1. The summed E-state index contributed by atoms with van der Waals surface area (Å²) in [6.45, 7) is 1.93. The minimum Gasteiger partial charge on any atom is -0.361 e. The summed E-state index contributed by atoms with van der Waals surface area (Å²) in [5.41, 5.74) is 0.868. The lowest BCUT2D eigenvalue weighted by molar-refractivity contribution is -0.383. The van der Waals surface area contributed by atoms with Crippen molar-refractivity contribution in [2.24, 2.45) is 0 Å². The van der Waals surface area contributed by atoms with Crippen molar-refractivity contribution in [3.63, 3.8) is 0 Å². The molecule has 1 saturated carbocycles. The Kier molecular flexibility index (Phi) is 5.37. The number of hydrogen-bond acceptors (Lipinski definition) is 7. The van der Waals surface area contributed by atoms with Crippen molar-refractivity contribution in [3.8, 4) is 0 Å². The fourth-order valence-corrected chi connectivity index (χ4v) is 3.03. The third-order valence-corrected chi connectivity index (χ3v) is 4.36. The largest absolute Gasteiger partial charge is 0.361 e. The first-order valence-electron chi connectivity index (χ1n) is 8.59. The summed E-state index contributed by atoms with van der Waals surface area (Å²) < 4.78 is 0. The molecule has 1 fully saturated rings. The summed E-state index contributed by atoms with van der Waals surface area (Å²) in [6, 6.07) is 3.86. The van der Waals surface area contributed by atoms with E-state index in [1.807, 2.05) is 13.0 Å². The molecule has 2 N–H and O–H groups in total. The zero-order valence-corrected chi connectivity index (χ0v) is 14.2. The Morgan fingerprint density at radius 2 is 1.80 bits per heavy atom. The van der Waals surface area contributed by atoms with E-state index >= 15 is 0 Å². The van der Waals surface area contributed by atoms with Crippen LogP contribution in [0.2, 0.25) is 0 Å². The smallest absolute Gasteiger partial charge is 0.353 e. The quantitative estimate of drug-likeness (QED) is 0.481. The van der Waals surface area contributed by atoms with E-state index in [-0.39, 0.29) is 23.4 Å². The van der Waals surface area contributed by atoms with Gasteiger partial charge in [-0.1, -0.05) is 31.7 Å². The zero-order chi connectivity index (χ0) is 17.6. The third-order valence-electron chi connectivity index (χ3n) is 4.36. The van der Waals surface area contributed by atoms with Crippen molar-refractivity contribution in [2.45, 2.75) is 51.5 Å². The van der Waals surface area contributed by atoms with Crippen molar-refractivity contribution in [2.75, 3.05) is 10.6 Å². The lowest BCUT2D eigenvalue weighted by Gasteiger charge is -2.17. The molecule has 0 aliphatic heterocycles. The Labute approximate surface area is 146 Å². The Bertz CT molecular complexity index is 726. The number of pyridine rings is 1. The summed E-state index contributed by atoms with van der Waals surface area (Å²) in [7, 11) is 0. The molecule has 0 radical (unpaired) electrons. The van der Waals surface area contributed by atoms with E-state index in [1.54, 1.807) is 12.3 Å². The molecular formula is C17H22N6O2. The maximum absolute atomic E-state index is 11.6. The van der Waals surface area contributed by atoms with Gasteiger partial charge in [-0.15, -0.1) is 0 Å². The van der Waals surface area contributed by atoms with Gasteiger partial charge < -0.3 is 10.6 Å². The highest BCUT2D eigenvalue weighted by Gasteiger charge is 2.25. The average molecular weight is 342 g/mol. The van der Waals surface area contributed by atoms with Gasteiger partial charge in [-0.25, -0.2) is 15.0 Å². The first kappa shape index (κ1) is 17.1. The van der Waals surface area contributed by atoms with E-state index in [1.165, 1.54) is 19.2 Å². The predicted octanol–water partition coefficient (Wildman–Crippen LogP) is 3.97. The second kappa shape index (κ2) is 7.87. The Hall–Kier alpha value is -2.77. The molecule has 3 rings (SSSR count). The van der Waals surface area contributed by atoms with Gasteiger partial charge in [0.05, 0.1) is 4.92 Å². The van der Waals surface area contributed by atoms with E-state index in [9.17, 15) is 10.1 Å². The van der Waals surface area contributed by atoms with E-state index in [0.717, 1.165) is 31.2 Å². The van der Waals surface area contributed by atoms with Crippen LogP contribution in [0, 0.1) is 17.0 Å². The van der Waals surface area contributed by atoms with Gasteiger partial charge in [-0.2, -0.15) is 0 Å². The van der Waals surface area contributed by atoms with E-state index in [0.29, 0.717) is 5.82 Å². The highest BCUT2D eigenvalue weighted by atomic mass is 16.6. The summed E-state index contributed by atoms with van der Waals surface area (Å²) in [5, 5.41) is 17.8. The van der Waals surface area contributed by atoms with Crippen LogP contribution in [0.15, 0.2) is 24.7 Å². The first-order chi connectivity index (χ1) is 12.1. The molecule has 0 atom stereocenters. The summed E-state index contributed by atoms with van der Waals surface area (Å²) >= 11 is 0. The summed E-state index contributed by atoms with van der Waals surface area (Å²) in [4.78, 5) is 23.6. The van der Waals surface area contributed by atoms with Gasteiger partial charge in [-0.3, -0.25) is 10.1 Å². The van der Waals surface area contributed by atoms with Gasteiger partial charge in [0.25, 0.3) is 0 Å². The van der Waals surface area contributed by atoms with Gasteiger partial charge in [-0.05, 0) is 31.4 Å². The van der Waals surface area contributed by atoms with Crippen LogP contribution in [-0.2, 0) is 0 Å². The van der Waals surface area contributed by atoms with Crippen LogP contribution >= 0.6 is 0 Å². The minimum absolute atomic E-state index is 0.144. The molecule has 2 heterocycles. The maximum atomic E-state index is 11.6. The Morgan fingerprint density at radius 3 is 2.44 bits per heavy atom. The van der Waals surface area contributed by atoms with Gasteiger partial charge in [0.2, 0.25) is 11.6 Å². The minimum atomic E-state index is -0.449. The van der Waals surface area contributed by atoms with Gasteiger partial charge in [0.15, 0.2) is 0 Å². The van der Waals surface area contributed by atoms with Crippen molar-refractivity contribution < 1.29 is 4.92 Å². The molecule has 8 heteroatoms. The molecule has 1 aliphatic carbocycles. The standard InChI is InChI=1S/C17H22N6O2/c1-12-8-9-14(18-10-12)22-17-15(23(24)25)16(19-11-20-17)21-13-6-4-2-3-5-7-13/h8-11,13H,2-7H2,1H3,(H2,18,19,20,21,22). The van der Waals surface area contributed by atoms with E-state index in [4.69, 9.17) is 0 Å². The van der Waals surface area contributed by atoms with Crippen molar-refractivity contribution >= 4 is 23.1 Å². The topological polar surface area (TPSA) is 106 Å². The molecule has 0 unspecified atom stereocenters. The first-order valence-corrected chi connectivity index (χ1v) is 8.59. The normalized spacial score (nSPS) is 15.4. The van der Waals surface area contributed by atoms with Crippen LogP contribution in [0.5, 0.6) is 0 Å². The van der Waals surface area contributed by atoms with Crippen molar-refractivity contribution in [1.29, 1.82) is 0 Å². The Balaban J connectivity index is 1.85. The number of rotatable bonds is 5. The Morgan fingerprint density at radius 1 is 1.08 bits per heavy atom. The molecule has 0 amide bonds. The second-order valence-electron chi connectivity index (χ2n) is 6.36. The van der Waals surface area contributed by atoms with E-state index < -0.39 is 4.92 Å². The molecule has 0 spiro atoms. The number of nitrogens with zero attached hydrogens (tertiary/aromatic N) is 4. The molecule has 2 aromatic heterocycles. The van der Waals surface area contributed by atoms with Crippen LogP contribution in [0.4, 0.5) is 23.1 Å². The van der Waals surface area contributed by atoms with Gasteiger partial charge in [0.1, 0.15) is 12.1 Å². The summed E-state index contributed by atoms with van der Waals surface area (Å²) in [6.07, 6.45) is 9.74. The van der Waals surface area contributed by atoms with Crippen molar-refractivity contribution in [1.82, 2.24) is 15.0 Å². The molecule has 0 aromatic carbocycles. The number of hydrogen-bond donors (Lipinski definition) is 2. The number of nitrogens with one attached hydrogen (secondary N) is 2. The molecule has 8 nitrogen and oxygen atoms in total. The van der Waals surface area contributed by atoms with Crippen LogP contribution in [0.1, 0.15) is 44.1 Å². The lowest BCUT2D eigenvalue weighted by atomic mass is 10.1. The van der Waals surface area contributed by atoms with Crippen LogP contribution in [0.3, 0.4) is 0 Å². The number of anilines is 3. The number of aryl methyl sites for hydroxylation is 1. The van der Waals surface area contributed by atoms with Gasteiger partial charge in [0, 0.05) is 12.2 Å². The number of nitro groups is 1. The monoisotopic (exact) mass is 342 g/mol.